The molecule has 0 spiro atoms. The number of amides is 1. The standard InChI is InChI=1S/C19H22N2O4S/c1-3-25-18-10-6-16(7-11-18)14(2)20-19(22)13-26-12-15-4-8-17(9-5-15)21(23)24/h4-11,14H,3,12-13H2,1-2H3,(H,20,22)/t14-/m0/s1. The summed E-state index contributed by atoms with van der Waals surface area (Å²) >= 11 is 1.47. The van der Waals surface area contributed by atoms with Gasteiger partial charge in [0.15, 0.2) is 0 Å². The number of benzene rings is 2. The molecule has 1 N–H and O–H groups in total. The average Bonchev–Trinajstić information content (AvgIpc) is 2.63. The largest absolute Gasteiger partial charge is 0.494 e. The van der Waals surface area contributed by atoms with Gasteiger partial charge in [-0.25, -0.2) is 0 Å². The molecule has 1 atom stereocenters. The molecule has 0 aromatic heterocycles. The molecule has 2 aromatic rings. The maximum atomic E-state index is 12.1. The van der Waals surface area contributed by atoms with Gasteiger partial charge in [-0.3, -0.25) is 14.9 Å². The van der Waals surface area contributed by atoms with Crippen molar-refractivity contribution in [2.45, 2.75) is 25.6 Å². The molecule has 2 rings (SSSR count). The minimum absolute atomic E-state index is 0.0432. The first-order chi connectivity index (χ1) is 12.5. The molecule has 0 saturated heterocycles. The van der Waals surface area contributed by atoms with Gasteiger partial charge in [-0.15, -0.1) is 11.8 Å². The predicted molar refractivity (Wildman–Crippen MR) is 103 cm³/mol. The lowest BCUT2D eigenvalue weighted by molar-refractivity contribution is -0.384. The second kappa shape index (κ2) is 9.82. The summed E-state index contributed by atoms with van der Waals surface area (Å²) in [4.78, 5) is 22.3. The van der Waals surface area contributed by atoms with Gasteiger partial charge in [-0.2, -0.15) is 0 Å². The van der Waals surface area contributed by atoms with Gasteiger partial charge < -0.3 is 10.1 Å². The van der Waals surface area contributed by atoms with Crippen molar-refractivity contribution in [2.24, 2.45) is 0 Å². The zero-order valence-electron chi connectivity index (χ0n) is 14.8. The zero-order valence-corrected chi connectivity index (χ0v) is 15.6. The second-order valence-corrected chi connectivity index (χ2v) is 6.69. The van der Waals surface area contributed by atoms with Crippen LogP contribution in [0.5, 0.6) is 5.75 Å². The van der Waals surface area contributed by atoms with Crippen LogP contribution in [0, 0.1) is 10.1 Å². The Bertz CT molecular complexity index is 732. The number of hydrogen-bond acceptors (Lipinski definition) is 5. The fourth-order valence-corrected chi connectivity index (χ4v) is 3.16. The highest BCUT2D eigenvalue weighted by Crippen LogP contribution is 2.19. The number of carbonyl (C=O) groups is 1. The molecule has 7 heteroatoms. The van der Waals surface area contributed by atoms with E-state index in [1.54, 1.807) is 12.1 Å². The molecule has 0 radical (unpaired) electrons. The molecule has 138 valence electrons. The van der Waals surface area contributed by atoms with Crippen LogP contribution in [0.15, 0.2) is 48.5 Å². The molecule has 0 bridgehead atoms. The number of rotatable bonds is 9. The average molecular weight is 374 g/mol. The third-order valence-electron chi connectivity index (χ3n) is 3.72. The van der Waals surface area contributed by atoms with E-state index in [1.165, 1.54) is 23.9 Å². The van der Waals surface area contributed by atoms with Crippen molar-refractivity contribution in [1.82, 2.24) is 5.32 Å². The monoisotopic (exact) mass is 374 g/mol. The third kappa shape index (κ3) is 6.07. The summed E-state index contributed by atoms with van der Waals surface area (Å²) < 4.78 is 5.41. The number of nitrogens with zero attached hydrogens (tertiary/aromatic N) is 1. The van der Waals surface area contributed by atoms with Crippen molar-refractivity contribution in [3.63, 3.8) is 0 Å². The Morgan fingerprint density at radius 3 is 2.42 bits per heavy atom. The van der Waals surface area contributed by atoms with Gasteiger partial charge in [0.2, 0.25) is 5.91 Å². The van der Waals surface area contributed by atoms with Crippen LogP contribution in [0.3, 0.4) is 0 Å². The van der Waals surface area contributed by atoms with Gasteiger partial charge in [0.05, 0.1) is 23.3 Å². The van der Waals surface area contributed by atoms with Gasteiger partial charge in [0, 0.05) is 17.9 Å². The number of ether oxygens (including phenoxy) is 1. The van der Waals surface area contributed by atoms with Crippen LogP contribution in [0.4, 0.5) is 5.69 Å². The van der Waals surface area contributed by atoms with Crippen LogP contribution in [-0.2, 0) is 10.5 Å². The number of thioether (sulfide) groups is 1. The summed E-state index contributed by atoms with van der Waals surface area (Å²) in [7, 11) is 0. The number of nitro groups is 1. The molecule has 0 unspecified atom stereocenters. The van der Waals surface area contributed by atoms with E-state index in [0.29, 0.717) is 18.1 Å². The zero-order chi connectivity index (χ0) is 18.9. The first-order valence-corrected chi connectivity index (χ1v) is 9.48. The van der Waals surface area contributed by atoms with Crippen LogP contribution in [0.2, 0.25) is 0 Å². The molecule has 26 heavy (non-hydrogen) atoms. The highest BCUT2D eigenvalue weighted by atomic mass is 32.2. The molecule has 0 saturated carbocycles. The van der Waals surface area contributed by atoms with Gasteiger partial charge in [-0.1, -0.05) is 24.3 Å². The van der Waals surface area contributed by atoms with E-state index in [1.807, 2.05) is 38.1 Å². The highest BCUT2D eigenvalue weighted by Gasteiger charge is 2.10. The predicted octanol–water partition coefficient (Wildman–Crippen LogP) is 4.10. The summed E-state index contributed by atoms with van der Waals surface area (Å²) in [5.74, 6) is 1.73. The molecule has 1 amide bonds. The van der Waals surface area contributed by atoms with Gasteiger partial charge >= 0.3 is 0 Å². The van der Waals surface area contributed by atoms with E-state index in [-0.39, 0.29) is 17.6 Å². The Balaban J connectivity index is 1.76. The molecule has 0 aliphatic carbocycles. The lowest BCUT2D eigenvalue weighted by atomic mass is 10.1. The van der Waals surface area contributed by atoms with Crippen molar-refractivity contribution < 1.29 is 14.5 Å². The molecule has 0 fully saturated rings. The lowest BCUT2D eigenvalue weighted by Crippen LogP contribution is -2.28. The summed E-state index contributed by atoms with van der Waals surface area (Å²) in [6, 6.07) is 14.0. The van der Waals surface area contributed by atoms with E-state index < -0.39 is 4.92 Å². The SMILES string of the molecule is CCOc1ccc([C@H](C)NC(=O)CSCc2ccc([N+](=O)[O-])cc2)cc1. The van der Waals surface area contributed by atoms with Crippen molar-refractivity contribution in [3.8, 4) is 5.75 Å². The van der Waals surface area contributed by atoms with E-state index in [0.717, 1.165) is 16.9 Å². The summed E-state index contributed by atoms with van der Waals surface area (Å²) in [6.45, 7) is 4.50. The summed E-state index contributed by atoms with van der Waals surface area (Å²) in [5, 5.41) is 13.6. The fourth-order valence-electron chi connectivity index (χ4n) is 2.36. The van der Waals surface area contributed by atoms with Crippen molar-refractivity contribution in [3.05, 3.63) is 69.8 Å². The normalized spacial score (nSPS) is 11.6. The maximum absolute atomic E-state index is 12.1. The quantitative estimate of drug-likeness (QED) is 0.528. The van der Waals surface area contributed by atoms with Crippen LogP contribution < -0.4 is 10.1 Å². The Kier molecular flexibility index (Phi) is 7.47. The smallest absolute Gasteiger partial charge is 0.269 e. The van der Waals surface area contributed by atoms with E-state index in [4.69, 9.17) is 4.74 Å². The second-order valence-electron chi connectivity index (χ2n) is 5.71. The summed E-state index contributed by atoms with van der Waals surface area (Å²) in [6.07, 6.45) is 0. The minimum atomic E-state index is -0.424. The minimum Gasteiger partial charge on any atom is -0.494 e. The highest BCUT2D eigenvalue weighted by molar-refractivity contribution is 7.99. The van der Waals surface area contributed by atoms with Crippen LogP contribution >= 0.6 is 11.8 Å². The number of non-ortho nitro benzene ring substituents is 1. The van der Waals surface area contributed by atoms with E-state index in [9.17, 15) is 14.9 Å². The first-order valence-electron chi connectivity index (χ1n) is 8.32. The Hall–Kier alpha value is -2.54. The number of hydrogen-bond donors (Lipinski definition) is 1. The molecule has 0 aliphatic heterocycles. The fraction of sp³-hybridized carbons (Fsp3) is 0.316. The Morgan fingerprint density at radius 1 is 1.19 bits per heavy atom. The van der Waals surface area contributed by atoms with Crippen molar-refractivity contribution in [2.75, 3.05) is 12.4 Å². The molecule has 2 aromatic carbocycles. The van der Waals surface area contributed by atoms with Crippen LogP contribution in [0.25, 0.3) is 0 Å². The summed E-state index contributed by atoms with van der Waals surface area (Å²) in [5.41, 5.74) is 2.04. The maximum Gasteiger partial charge on any atom is 0.269 e. The van der Waals surface area contributed by atoms with Crippen LogP contribution in [0.1, 0.15) is 31.0 Å². The van der Waals surface area contributed by atoms with Crippen molar-refractivity contribution in [1.29, 1.82) is 0 Å². The molecular formula is C19H22N2O4S. The molecule has 0 aliphatic rings. The van der Waals surface area contributed by atoms with Crippen LogP contribution in [-0.4, -0.2) is 23.2 Å². The lowest BCUT2D eigenvalue weighted by Gasteiger charge is -2.15. The Labute approximate surface area is 157 Å². The first kappa shape index (κ1) is 19.8. The van der Waals surface area contributed by atoms with Gasteiger partial charge in [0.1, 0.15) is 5.75 Å². The Morgan fingerprint density at radius 2 is 1.85 bits per heavy atom. The number of nitrogens with one attached hydrogen (secondary N) is 1. The van der Waals surface area contributed by atoms with Gasteiger partial charge in [-0.05, 0) is 37.1 Å². The number of carbonyl (C=O) groups excluding carboxylic acids is 1. The van der Waals surface area contributed by atoms with E-state index in [2.05, 4.69) is 5.32 Å². The molecule has 0 heterocycles. The topological polar surface area (TPSA) is 81.5 Å². The van der Waals surface area contributed by atoms with Crippen molar-refractivity contribution >= 4 is 23.4 Å². The van der Waals surface area contributed by atoms with Gasteiger partial charge in [0.25, 0.3) is 5.69 Å². The molecule has 6 nitrogen and oxygen atoms in total. The molecular weight excluding hydrogens is 352 g/mol. The third-order valence-corrected chi connectivity index (χ3v) is 4.72. The van der Waals surface area contributed by atoms with E-state index >= 15 is 0 Å². The number of nitro benzene ring substituents is 1.